The molecule has 0 aliphatic heterocycles. The van der Waals surface area contributed by atoms with E-state index in [0.717, 1.165) is 0 Å². The number of phenolic OH excluding ortho intramolecular Hbond substituents is 1. The predicted molar refractivity (Wildman–Crippen MR) is 120 cm³/mol. The summed E-state index contributed by atoms with van der Waals surface area (Å²) in [6.07, 6.45) is 1.34. The first kappa shape index (κ1) is 27.7. The lowest BCUT2D eigenvalue weighted by molar-refractivity contribution is -0.142. The number of hydrogen-bond acceptors (Lipinski definition) is 8. The van der Waals surface area contributed by atoms with Crippen molar-refractivity contribution < 1.29 is 39.3 Å². The zero-order valence-electron chi connectivity index (χ0n) is 17.9. The topological polar surface area (TPSA) is 208 Å². The molecular weight excluding hydrogens is 456 g/mol. The number of carbonyl (C=O) groups excluding carboxylic acids is 3. The summed E-state index contributed by atoms with van der Waals surface area (Å²) in [7, 11) is 0. The fraction of sp³-hybridized carbons (Fsp3) is 0.450. The molecule has 0 saturated heterocycles. The number of carbonyl (C=O) groups is 5. The molecule has 12 nitrogen and oxygen atoms in total. The van der Waals surface area contributed by atoms with Gasteiger partial charge in [0, 0.05) is 6.42 Å². The highest BCUT2D eigenvalue weighted by molar-refractivity contribution is 7.98. The van der Waals surface area contributed by atoms with Gasteiger partial charge >= 0.3 is 11.9 Å². The monoisotopic (exact) mass is 484 g/mol. The number of nitrogens with one attached hydrogen (secondary N) is 3. The number of benzene rings is 1. The molecule has 0 heterocycles. The molecule has 0 aliphatic carbocycles. The van der Waals surface area contributed by atoms with Gasteiger partial charge in [0.05, 0.1) is 19.0 Å². The molecule has 13 heteroatoms. The second-order valence-electron chi connectivity index (χ2n) is 7.09. The fourth-order valence-electron chi connectivity index (χ4n) is 2.67. The lowest BCUT2D eigenvalue weighted by Gasteiger charge is -2.22. The molecule has 1 aromatic rings. The molecule has 0 fully saturated rings. The van der Waals surface area contributed by atoms with Crippen molar-refractivity contribution in [3.05, 3.63) is 29.8 Å². The smallest absolute Gasteiger partial charge is 0.326 e. The number of carboxylic acid groups (broad SMARTS) is 2. The van der Waals surface area contributed by atoms with Gasteiger partial charge in [0.25, 0.3) is 0 Å². The minimum absolute atomic E-state index is 0.00667. The van der Waals surface area contributed by atoms with E-state index in [1.54, 1.807) is 6.26 Å². The van der Waals surface area contributed by atoms with Crippen molar-refractivity contribution in [1.82, 2.24) is 16.0 Å². The first-order valence-corrected chi connectivity index (χ1v) is 11.3. The number of phenols is 1. The molecule has 1 rings (SSSR count). The standard InChI is InChI=1S/C20H28N4O8S/c1-33-7-6-14(20(31)32)24-19(30)15(8-11-2-4-12(25)5-3-11)23-16(26)10-22-18(29)13(21)9-17(27)28/h2-5,13-15,25H,6-10,21H2,1H3,(H,22,29)(H,23,26)(H,24,30)(H,27,28)(H,31,32). The van der Waals surface area contributed by atoms with E-state index in [0.29, 0.717) is 11.3 Å². The van der Waals surface area contributed by atoms with Crippen molar-refractivity contribution in [3.8, 4) is 5.75 Å². The van der Waals surface area contributed by atoms with Gasteiger partial charge in [-0.25, -0.2) is 4.79 Å². The highest BCUT2D eigenvalue weighted by atomic mass is 32.2. The summed E-state index contributed by atoms with van der Waals surface area (Å²) in [5, 5.41) is 34.5. The molecule has 8 N–H and O–H groups in total. The summed E-state index contributed by atoms with van der Waals surface area (Å²) < 4.78 is 0. The number of thioether (sulfide) groups is 1. The number of hydrogen-bond donors (Lipinski definition) is 7. The Hall–Kier alpha value is -3.32. The molecule has 182 valence electrons. The van der Waals surface area contributed by atoms with Crippen LogP contribution in [0, 0.1) is 0 Å². The normalized spacial score (nSPS) is 13.3. The Bertz CT molecular complexity index is 849. The molecule has 0 aromatic heterocycles. The Balaban J connectivity index is 2.86. The molecule has 0 aliphatic rings. The largest absolute Gasteiger partial charge is 0.508 e. The maximum absolute atomic E-state index is 12.8. The van der Waals surface area contributed by atoms with Gasteiger partial charge in [-0.1, -0.05) is 12.1 Å². The minimum Gasteiger partial charge on any atom is -0.508 e. The van der Waals surface area contributed by atoms with Crippen LogP contribution in [0.1, 0.15) is 18.4 Å². The molecule has 0 bridgehead atoms. The first-order valence-electron chi connectivity index (χ1n) is 9.88. The van der Waals surface area contributed by atoms with Crippen molar-refractivity contribution in [2.75, 3.05) is 18.6 Å². The Labute approximate surface area is 194 Å². The van der Waals surface area contributed by atoms with Crippen LogP contribution < -0.4 is 21.7 Å². The SMILES string of the molecule is CSCCC(NC(=O)C(Cc1ccc(O)cc1)NC(=O)CNC(=O)C(N)CC(=O)O)C(=O)O. The quantitative estimate of drug-likeness (QED) is 0.165. The zero-order valence-corrected chi connectivity index (χ0v) is 18.8. The second kappa shape index (κ2) is 14.0. The number of aliphatic carboxylic acids is 2. The summed E-state index contributed by atoms with van der Waals surface area (Å²) in [6, 6.07) is 2.19. The van der Waals surface area contributed by atoms with Gasteiger partial charge in [0.15, 0.2) is 0 Å². The van der Waals surface area contributed by atoms with E-state index in [2.05, 4.69) is 16.0 Å². The van der Waals surface area contributed by atoms with Gasteiger partial charge in [0.2, 0.25) is 17.7 Å². The Kier molecular flexibility index (Phi) is 11.7. The second-order valence-corrected chi connectivity index (χ2v) is 8.08. The van der Waals surface area contributed by atoms with Gasteiger partial charge in [-0.15, -0.1) is 0 Å². The number of aromatic hydroxyl groups is 1. The third-order valence-corrected chi connectivity index (χ3v) is 5.05. The van der Waals surface area contributed by atoms with Crippen LogP contribution in [0.4, 0.5) is 0 Å². The summed E-state index contributed by atoms with van der Waals surface area (Å²) in [6.45, 7) is -0.569. The number of nitrogens with two attached hydrogens (primary N) is 1. The van der Waals surface area contributed by atoms with Gasteiger partial charge in [0.1, 0.15) is 17.8 Å². The van der Waals surface area contributed by atoms with Crippen molar-refractivity contribution >= 4 is 41.4 Å². The highest BCUT2D eigenvalue weighted by Gasteiger charge is 2.27. The maximum atomic E-state index is 12.8. The summed E-state index contributed by atoms with van der Waals surface area (Å²) in [5.41, 5.74) is 6.01. The van der Waals surface area contributed by atoms with E-state index in [9.17, 15) is 34.2 Å². The summed E-state index contributed by atoms with van der Waals surface area (Å²) in [4.78, 5) is 59.0. The van der Waals surface area contributed by atoms with Crippen LogP contribution in [0.3, 0.4) is 0 Å². The zero-order chi connectivity index (χ0) is 25.0. The average molecular weight is 485 g/mol. The molecule has 3 unspecified atom stereocenters. The van der Waals surface area contributed by atoms with Crippen LogP contribution in [0.5, 0.6) is 5.75 Å². The third-order valence-electron chi connectivity index (χ3n) is 4.41. The van der Waals surface area contributed by atoms with Crippen LogP contribution in [0.2, 0.25) is 0 Å². The van der Waals surface area contributed by atoms with E-state index in [1.165, 1.54) is 36.0 Å². The molecule has 1 aromatic carbocycles. The maximum Gasteiger partial charge on any atom is 0.326 e. The molecule has 3 atom stereocenters. The average Bonchev–Trinajstić information content (AvgIpc) is 2.75. The van der Waals surface area contributed by atoms with E-state index in [4.69, 9.17) is 10.8 Å². The van der Waals surface area contributed by atoms with Crippen LogP contribution >= 0.6 is 11.8 Å². The van der Waals surface area contributed by atoms with Crippen molar-refractivity contribution in [2.24, 2.45) is 5.73 Å². The minimum atomic E-state index is -1.35. The molecule has 0 spiro atoms. The van der Waals surface area contributed by atoms with Gasteiger partial charge in [-0.2, -0.15) is 11.8 Å². The molecule has 3 amide bonds. The number of amides is 3. The predicted octanol–water partition coefficient (Wildman–Crippen LogP) is -1.34. The van der Waals surface area contributed by atoms with Crippen LogP contribution in [0.15, 0.2) is 24.3 Å². The van der Waals surface area contributed by atoms with Gasteiger partial charge in [-0.3, -0.25) is 19.2 Å². The van der Waals surface area contributed by atoms with Crippen molar-refractivity contribution in [2.45, 2.75) is 37.4 Å². The Morgan fingerprint density at radius 2 is 1.64 bits per heavy atom. The number of rotatable bonds is 14. The van der Waals surface area contributed by atoms with E-state index >= 15 is 0 Å². The highest BCUT2D eigenvalue weighted by Crippen LogP contribution is 2.12. The summed E-state index contributed by atoms with van der Waals surface area (Å²) >= 11 is 1.42. The van der Waals surface area contributed by atoms with Gasteiger partial charge in [-0.05, 0) is 36.1 Å². The van der Waals surface area contributed by atoms with E-state index in [1.807, 2.05) is 0 Å². The molecule has 0 radical (unpaired) electrons. The molecular formula is C20H28N4O8S. The Morgan fingerprint density at radius 1 is 1.00 bits per heavy atom. The van der Waals surface area contributed by atoms with Crippen LogP contribution in [-0.4, -0.2) is 81.7 Å². The van der Waals surface area contributed by atoms with E-state index in [-0.39, 0.29) is 18.6 Å². The lowest BCUT2D eigenvalue weighted by Crippen LogP contribution is -2.54. The van der Waals surface area contributed by atoms with Crippen LogP contribution in [0.25, 0.3) is 0 Å². The van der Waals surface area contributed by atoms with Crippen LogP contribution in [-0.2, 0) is 30.4 Å². The van der Waals surface area contributed by atoms with Gasteiger partial charge < -0.3 is 37.0 Å². The lowest BCUT2D eigenvalue weighted by atomic mass is 10.0. The molecule has 33 heavy (non-hydrogen) atoms. The number of carboxylic acids is 2. The van der Waals surface area contributed by atoms with Crippen molar-refractivity contribution in [3.63, 3.8) is 0 Å². The first-order chi connectivity index (χ1) is 15.5. The Morgan fingerprint density at radius 3 is 2.18 bits per heavy atom. The third kappa shape index (κ3) is 10.7. The fourth-order valence-corrected chi connectivity index (χ4v) is 3.14. The molecule has 0 saturated carbocycles. The van der Waals surface area contributed by atoms with Crippen molar-refractivity contribution in [1.29, 1.82) is 0 Å². The van der Waals surface area contributed by atoms with E-state index < -0.39 is 60.8 Å². The summed E-state index contributed by atoms with van der Waals surface area (Å²) in [5.74, 6) is -4.34.